The van der Waals surface area contributed by atoms with Crippen molar-refractivity contribution >= 4 is 23.0 Å². The topological polar surface area (TPSA) is 50.5 Å². The van der Waals surface area contributed by atoms with Crippen LogP contribution < -0.4 is 0 Å². The van der Waals surface area contributed by atoms with Crippen LogP contribution in [0.5, 0.6) is 0 Å². The first-order valence-electron chi connectivity index (χ1n) is 8.35. The molecule has 0 saturated carbocycles. The molecule has 0 aliphatic carbocycles. The van der Waals surface area contributed by atoms with Crippen LogP contribution in [0.25, 0.3) is 5.78 Å². The lowest BCUT2D eigenvalue weighted by Crippen LogP contribution is -2.39. The fraction of sp³-hybridized carbons (Fsp3) is 0.389. The summed E-state index contributed by atoms with van der Waals surface area (Å²) in [6, 6.07) is 6.22. The molecule has 1 aliphatic rings. The molecule has 5 nitrogen and oxygen atoms in total. The second kappa shape index (κ2) is 6.36. The molecular formula is C18H20N4OS. The first kappa shape index (κ1) is 15.3. The summed E-state index contributed by atoms with van der Waals surface area (Å²) in [5.41, 5.74) is 0.948. The van der Waals surface area contributed by atoms with E-state index in [0.717, 1.165) is 36.4 Å². The Balaban J connectivity index is 1.58. The maximum Gasteiger partial charge on any atom is 0.233 e. The first-order chi connectivity index (χ1) is 11.7. The number of nitrogens with zero attached hydrogens (tertiary/aromatic N) is 4. The minimum absolute atomic E-state index is 0.0639. The number of aromatic nitrogens is 3. The summed E-state index contributed by atoms with van der Waals surface area (Å²) >= 11 is 1.70. The van der Waals surface area contributed by atoms with Crippen LogP contribution in [-0.2, 0) is 11.2 Å². The lowest BCUT2D eigenvalue weighted by atomic mass is 9.98. The molecule has 124 valence electrons. The van der Waals surface area contributed by atoms with Crippen molar-refractivity contribution in [2.75, 3.05) is 6.54 Å². The van der Waals surface area contributed by atoms with Crippen LogP contribution in [0.4, 0.5) is 0 Å². The third kappa shape index (κ3) is 2.94. The smallest absolute Gasteiger partial charge is 0.233 e. The van der Waals surface area contributed by atoms with Crippen LogP contribution in [0.2, 0.25) is 0 Å². The van der Waals surface area contributed by atoms with Crippen molar-refractivity contribution < 1.29 is 4.79 Å². The first-order valence-corrected chi connectivity index (χ1v) is 9.17. The highest BCUT2D eigenvalue weighted by molar-refractivity contribution is 7.12. The van der Waals surface area contributed by atoms with Crippen LogP contribution >= 0.6 is 11.3 Å². The van der Waals surface area contributed by atoms with Crippen molar-refractivity contribution in [1.82, 2.24) is 19.3 Å². The largest absolute Gasteiger partial charge is 0.334 e. The van der Waals surface area contributed by atoms with Gasteiger partial charge in [0.1, 0.15) is 0 Å². The van der Waals surface area contributed by atoms with E-state index in [4.69, 9.17) is 0 Å². The van der Waals surface area contributed by atoms with E-state index >= 15 is 0 Å². The SMILES string of the molecule is Cc1ccc(CC(=O)N2CCCCC2c2ccn3ccnc3n2)s1. The van der Waals surface area contributed by atoms with Gasteiger partial charge in [-0.25, -0.2) is 9.97 Å². The Morgan fingerprint density at radius 1 is 1.29 bits per heavy atom. The van der Waals surface area contributed by atoms with E-state index in [1.165, 1.54) is 4.88 Å². The molecule has 1 atom stereocenters. The molecule has 1 saturated heterocycles. The third-order valence-electron chi connectivity index (χ3n) is 4.57. The van der Waals surface area contributed by atoms with Gasteiger partial charge >= 0.3 is 0 Å². The van der Waals surface area contributed by atoms with Crippen molar-refractivity contribution in [3.63, 3.8) is 0 Å². The van der Waals surface area contributed by atoms with Gasteiger partial charge in [-0.1, -0.05) is 0 Å². The summed E-state index contributed by atoms with van der Waals surface area (Å²) in [5, 5.41) is 0. The minimum atomic E-state index is 0.0639. The summed E-state index contributed by atoms with van der Waals surface area (Å²) < 4.78 is 1.90. The molecule has 0 aromatic carbocycles. The van der Waals surface area contributed by atoms with E-state index in [0.29, 0.717) is 12.2 Å². The highest BCUT2D eigenvalue weighted by Crippen LogP contribution is 2.31. The Morgan fingerprint density at radius 3 is 3.04 bits per heavy atom. The van der Waals surface area contributed by atoms with Crippen LogP contribution in [-0.4, -0.2) is 31.7 Å². The monoisotopic (exact) mass is 340 g/mol. The van der Waals surface area contributed by atoms with Crippen molar-refractivity contribution in [3.8, 4) is 0 Å². The number of piperidine rings is 1. The van der Waals surface area contributed by atoms with E-state index in [9.17, 15) is 4.79 Å². The number of aryl methyl sites for hydroxylation is 1. The molecule has 0 radical (unpaired) electrons. The molecule has 4 heterocycles. The highest BCUT2D eigenvalue weighted by atomic mass is 32.1. The number of hydrogen-bond acceptors (Lipinski definition) is 4. The molecule has 1 amide bonds. The number of likely N-dealkylation sites (tertiary alicyclic amines) is 1. The molecule has 4 rings (SSSR count). The Labute approximate surface area is 145 Å². The molecule has 0 spiro atoms. The van der Waals surface area contributed by atoms with E-state index in [2.05, 4.69) is 29.0 Å². The summed E-state index contributed by atoms with van der Waals surface area (Å²) in [6.07, 6.45) is 9.26. The summed E-state index contributed by atoms with van der Waals surface area (Å²) in [6.45, 7) is 2.89. The Bertz CT molecular complexity index is 869. The van der Waals surface area contributed by atoms with Crippen molar-refractivity contribution in [3.05, 3.63) is 52.2 Å². The summed E-state index contributed by atoms with van der Waals surface area (Å²) in [4.78, 5) is 26.2. The number of carbonyl (C=O) groups is 1. The second-order valence-corrected chi connectivity index (χ2v) is 7.65. The molecule has 1 unspecified atom stereocenters. The predicted molar refractivity (Wildman–Crippen MR) is 94.1 cm³/mol. The maximum absolute atomic E-state index is 12.9. The molecule has 24 heavy (non-hydrogen) atoms. The van der Waals surface area contributed by atoms with Gasteiger partial charge < -0.3 is 4.90 Å². The molecule has 3 aromatic rings. The Morgan fingerprint density at radius 2 is 2.21 bits per heavy atom. The molecule has 6 heteroatoms. The molecule has 0 N–H and O–H groups in total. The quantitative estimate of drug-likeness (QED) is 0.734. The van der Waals surface area contributed by atoms with Crippen LogP contribution in [0, 0.1) is 6.92 Å². The van der Waals surface area contributed by atoms with Gasteiger partial charge in [-0.3, -0.25) is 9.20 Å². The number of thiophene rings is 1. The van der Waals surface area contributed by atoms with Crippen molar-refractivity contribution in [1.29, 1.82) is 0 Å². The highest BCUT2D eigenvalue weighted by Gasteiger charge is 2.29. The minimum Gasteiger partial charge on any atom is -0.334 e. The van der Waals surface area contributed by atoms with Crippen molar-refractivity contribution in [2.24, 2.45) is 0 Å². The number of fused-ring (bicyclic) bond motifs is 1. The Hall–Kier alpha value is -2.21. The van der Waals surface area contributed by atoms with Crippen LogP contribution in [0.3, 0.4) is 0 Å². The number of hydrogen-bond donors (Lipinski definition) is 0. The van der Waals surface area contributed by atoms with E-state index in [1.54, 1.807) is 17.5 Å². The lowest BCUT2D eigenvalue weighted by Gasteiger charge is -2.35. The number of imidazole rings is 1. The van der Waals surface area contributed by atoms with Gasteiger partial charge in [-0.15, -0.1) is 11.3 Å². The van der Waals surface area contributed by atoms with Gasteiger partial charge in [0.05, 0.1) is 18.2 Å². The predicted octanol–water partition coefficient (Wildman–Crippen LogP) is 3.40. The zero-order valence-electron chi connectivity index (χ0n) is 13.7. The van der Waals surface area contributed by atoms with Gasteiger partial charge in [0, 0.05) is 34.9 Å². The van der Waals surface area contributed by atoms with E-state index in [1.807, 2.05) is 27.8 Å². The van der Waals surface area contributed by atoms with Gasteiger partial charge in [0.15, 0.2) is 0 Å². The fourth-order valence-corrected chi connectivity index (χ4v) is 4.25. The lowest BCUT2D eigenvalue weighted by molar-refractivity contribution is -0.134. The van der Waals surface area contributed by atoms with Gasteiger partial charge in [0.2, 0.25) is 11.7 Å². The Kier molecular flexibility index (Phi) is 4.06. The van der Waals surface area contributed by atoms with Gasteiger partial charge in [0.25, 0.3) is 0 Å². The summed E-state index contributed by atoms with van der Waals surface area (Å²) in [7, 11) is 0. The zero-order valence-corrected chi connectivity index (χ0v) is 14.5. The molecule has 3 aromatic heterocycles. The average molecular weight is 340 g/mol. The van der Waals surface area contributed by atoms with Gasteiger partial charge in [-0.05, 0) is 44.4 Å². The zero-order chi connectivity index (χ0) is 16.5. The molecule has 0 bridgehead atoms. The third-order valence-corrected chi connectivity index (χ3v) is 5.57. The van der Waals surface area contributed by atoms with Crippen molar-refractivity contribution in [2.45, 2.75) is 38.6 Å². The average Bonchev–Trinajstić information content (AvgIpc) is 3.22. The van der Waals surface area contributed by atoms with Crippen LogP contribution in [0.15, 0.2) is 36.8 Å². The fourth-order valence-electron chi connectivity index (χ4n) is 3.37. The number of rotatable bonds is 3. The van der Waals surface area contributed by atoms with E-state index in [-0.39, 0.29) is 11.9 Å². The molecule has 1 aliphatic heterocycles. The second-order valence-electron chi connectivity index (χ2n) is 6.27. The van der Waals surface area contributed by atoms with Gasteiger partial charge in [-0.2, -0.15) is 0 Å². The normalized spacial score (nSPS) is 18.2. The summed E-state index contributed by atoms with van der Waals surface area (Å²) in [5.74, 6) is 0.894. The van der Waals surface area contributed by atoms with Crippen LogP contribution in [0.1, 0.15) is 40.8 Å². The standard InChI is InChI=1S/C18H20N4OS/c1-13-5-6-14(24-13)12-17(23)22-9-3-2-4-16(22)15-7-10-21-11-8-19-18(21)20-15/h5-8,10-11,16H,2-4,9,12H2,1H3. The number of carbonyl (C=O) groups excluding carboxylic acids is 1. The number of amides is 1. The molecule has 1 fully saturated rings. The van der Waals surface area contributed by atoms with E-state index < -0.39 is 0 Å². The maximum atomic E-state index is 12.9. The molecular weight excluding hydrogens is 320 g/mol.